The normalized spacial score (nSPS) is 18.9. The zero-order valence-electron chi connectivity index (χ0n) is 10.4. The van der Waals surface area contributed by atoms with Crippen LogP contribution >= 0.6 is 11.6 Å². The number of rotatable bonds is 3. The summed E-state index contributed by atoms with van der Waals surface area (Å²) in [4.78, 5) is 18.9. The van der Waals surface area contributed by atoms with E-state index in [1.54, 1.807) is 24.1 Å². The van der Waals surface area contributed by atoms with E-state index in [4.69, 9.17) is 11.6 Å². The minimum atomic E-state index is -0.325. The van der Waals surface area contributed by atoms with Crippen LogP contribution in [-0.4, -0.2) is 64.6 Å². The van der Waals surface area contributed by atoms with Gasteiger partial charge in [0.15, 0.2) is 0 Å². The zero-order chi connectivity index (χ0) is 13.1. The maximum atomic E-state index is 12.1. The molecule has 1 aliphatic rings. The first-order valence-corrected chi connectivity index (χ1v) is 6.47. The molecule has 0 unspecified atom stereocenters. The summed E-state index contributed by atoms with van der Waals surface area (Å²) in [5, 5.41) is 9.87. The van der Waals surface area contributed by atoms with Crippen molar-refractivity contribution in [3.63, 3.8) is 0 Å². The number of carbonyl (C=O) groups is 1. The number of hydrogen-bond acceptors (Lipinski definition) is 3. The number of aromatic nitrogens is 1. The Labute approximate surface area is 111 Å². The van der Waals surface area contributed by atoms with Crippen molar-refractivity contribution in [1.82, 2.24) is 14.8 Å². The average molecular weight is 272 g/mol. The van der Waals surface area contributed by atoms with Crippen molar-refractivity contribution >= 4 is 17.5 Å². The van der Waals surface area contributed by atoms with Gasteiger partial charge in [-0.1, -0.05) is 11.6 Å². The van der Waals surface area contributed by atoms with E-state index in [1.165, 1.54) is 0 Å². The summed E-state index contributed by atoms with van der Waals surface area (Å²) in [5.74, 6) is -0.0152. The lowest BCUT2D eigenvalue weighted by Crippen LogP contribution is -2.50. The highest BCUT2D eigenvalue weighted by atomic mass is 35.5. The van der Waals surface area contributed by atoms with Gasteiger partial charge in [0.25, 0.3) is 5.91 Å². The number of hydrogen-bond donors (Lipinski definition) is 2. The molecule has 1 saturated heterocycles. The summed E-state index contributed by atoms with van der Waals surface area (Å²) >= 11 is 5.79. The highest BCUT2D eigenvalue weighted by Crippen LogP contribution is 2.13. The standard InChI is InChI=1S/C12H18ClN3O2/c1-9(17)8-15-2-4-16(5-3-15)12(18)11-6-10(13)7-14-11/h6-7,9,14,17H,2-5,8H2,1H3/t9-/m0/s1. The van der Waals surface area contributed by atoms with Crippen molar-refractivity contribution in [1.29, 1.82) is 0 Å². The molecule has 0 aliphatic carbocycles. The molecule has 2 rings (SSSR count). The van der Waals surface area contributed by atoms with Crippen molar-refractivity contribution in [2.24, 2.45) is 0 Å². The summed E-state index contributed by atoms with van der Waals surface area (Å²) in [7, 11) is 0. The Morgan fingerprint density at radius 3 is 2.67 bits per heavy atom. The second-order valence-corrected chi connectivity index (χ2v) is 5.11. The summed E-state index contributed by atoms with van der Waals surface area (Å²) < 4.78 is 0. The number of aliphatic hydroxyl groups is 1. The summed E-state index contributed by atoms with van der Waals surface area (Å²) in [6, 6.07) is 1.64. The minimum absolute atomic E-state index is 0.0152. The maximum Gasteiger partial charge on any atom is 0.270 e. The van der Waals surface area contributed by atoms with Crippen molar-refractivity contribution in [2.45, 2.75) is 13.0 Å². The Morgan fingerprint density at radius 2 is 2.17 bits per heavy atom. The van der Waals surface area contributed by atoms with Crippen LogP contribution in [-0.2, 0) is 0 Å². The molecule has 1 aromatic rings. The molecule has 0 radical (unpaired) electrons. The molecule has 100 valence electrons. The van der Waals surface area contributed by atoms with E-state index >= 15 is 0 Å². The van der Waals surface area contributed by atoms with Gasteiger partial charge in [0.1, 0.15) is 5.69 Å². The molecule has 2 heterocycles. The van der Waals surface area contributed by atoms with Crippen LogP contribution in [0.3, 0.4) is 0 Å². The first kappa shape index (κ1) is 13.4. The van der Waals surface area contributed by atoms with Gasteiger partial charge >= 0.3 is 0 Å². The number of carbonyl (C=O) groups excluding carboxylic acids is 1. The molecule has 6 heteroatoms. The number of halogens is 1. The molecule has 1 atom stereocenters. The fourth-order valence-corrected chi connectivity index (χ4v) is 2.33. The van der Waals surface area contributed by atoms with Gasteiger partial charge < -0.3 is 15.0 Å². The van der Waals surface area contributed by atoms with Crippen LogP contribution in [0.25, 0.3) is 0 Å². The number of nitrogens with zero attached hydrogens (tertiary/aromatic N) is 2. The fraction of sp³-hybridized carbons (Fsp3) is 0.583. The molecule has 0 saturated carbocycles. The van der Waals surface area contributed by atoms with Crippen molar-refractivity contribution in [3.05, 3.63) is 23.0 Å². The Hall–Kier alpha value is -1.04. The van der Waals surface area contributed by atoms with E-state index in [9.17, 15) is 9.90 Å². The molecule has 0 aromatic carbocycles. The molecule has 1 aromatic heterocycles. The van der Waals surface area contributed by atoms with E-state index in [2.05, 4.69) is 9.88 Å². The lowest BCUT2D eigenvalue weighted by molar-refractivity contribution is 0.0550. The van der Waals surface area contributed by atoms with Gasteiger partial charge in [-0.3, -0.25) is 9.69 Å². The third-order valence-electron chi connectivity index (χ3n) is 3.06. The van der Waals surface area contributed by atoms with Gasteiger partial charge in [-0.15, -0.1) is 0 Å². The molecule has 1 aliphatic heterocycles. The number of piperazine rings is 1. The van der Waals surface area contributed by atoms with Crippen molar-refractivity contribution in [3.8, 4) is 0 Å². The predicted octanol–water partition coefficient (Wildman–Crippen LogP) is 0.807. The van der Waals surface area contributed by atoms with Gasteiger partial charge in [-0.25, -0.2) is 0 Å². The Kier molecular flexibility index (Phi) is 4.27. The topological polar surface area (TPSA) is 59.6 Å². The van der Waals surface area contributed by atoms with Crippen molar-refractivity contribution < 1.29 is 9.90 Å². The van der Waals surface area contributed by atoms with Crippen LogP contribution < -0.4 is 0 Å². The van der Waals surface area contributed by atoms with Gasteiger partial charge in [-0.2, -0.15) is 0 Å². The molecule has 18 heavy (non-hydrogen) atoms. The summed E-state index contributed by atoms with van der Waals surface area (Å²) in [6.07, 6.45) is 1.29. The van der Waals surface area contributed by atoms with Gasteiger partial charge in [-0.05, 0) is 13.0 Å². The number of aliphatic hydroxyl groups excluding tert-OH is 1. The van der Waals surface area contributed by atoms with Crippen LogP contribution in [0.4, 0.5) is 0 Å². The number of β-amino-alcohol motifs (C(OH)–C–C–N with tert-alkyl or cyclic N) is 1. The van der Waals surface area contributed by atoms with Crippen molar-refractivity contribution in [2.75, 3.05) is 32.7 Å². The number of aromatic amines is 1. The molecule has 1 fully saturated rings. The first-order chi connectivity index (χ1) is 8.56. The van der Waals surface area contributed by atoms with Crippen LogP contribution in [0.5, 0.6) is 0 Å². The fourth-order valence-electron chi connectivity index (χ4n) is 2.17. The summed E-state index contributed by atoms with van der Waals surface area (Å²) in [5.41, 5.74) is 0.531. The first-order valence-electron chi connectivity index (χ1n) is 6.10. The Bertz CT molecular complexity index is 411. The lowest BCUT2D eigenvalue weighted by atomic mass is 10.2. The SMILES string of the molecule is C[C@H](O)CN1CCN(C(=O)c2cc(Cl)c[nH]2)CC1. The third-order valence-corrected chi connectivity index (χ3v) is 3.28. The van der Waals surface area contributed by atoms with E-state index < -0.39 is 0 Å². The molecule has 2 N–H and O–H groups in total. The number of nitrogens with one attached hydrogen (secondary N) is 1. The van der Waals surface area contributed by atoms with E-state index in [0.29, 0.717) is 30.4 Å². The zero-order valence-corrected chi connectivity index (χ0v) is 11.2. The highest BCUT2D eigenvalue weighted by molar-refractivity contribution is 6.30. The molecular weight excluding hydrogens is 254 g/mol. The Morgan fingerprint density at radius 1 is 1.50 bits per heavy atom. The average Bonchev–Trinajstić information content (AvgIpc) is 2.75. The maximum absolute atomic E-state index is 12.1. The minimum Gasteiger partial charge on any atom is -0.392 e. The number of H-pyrrole nitrogens is 1. The summed E-state index contributed by atoms with van der Waals surface area (Å²) in [6.45, 7) is 5.40. The largest absolute Gasteiger partial charge is 0.392 e. The van der Waals surface area contributed by atoms with E-state index in [1.807, 2.05) is 0 Å². The molecule has 0 spiro atoms. The molecule has 1 amide bonds. The van der Waals surface area contributed by atoms with Gasteiger partial charge in [0.05, 0.1) is 11.1 Å². The van der Waals surface area contributed by atoms with Crippen LogP contribution in [0, 0.1) is 0 Å². The van der Waals surface area contributed by atoms with Crippen LogP contribution in [0.2, 0.25) is 5.02 Å². The Balaban J connectivity index is 1.88. The van der Waals surface area contributed by atoms with E-state index in [0.717, 1.165) is 13.1 Å². The van der Waals surface area contributed by atoms with E-state index in [-0.39, 0.29) is 12.0 Å². The van der Waals surface area contributed by atoms with Crippen LogP contribution in [0.1, 0.15) is 17.4 Å². The smallest absolute Gasteiger partial charge is 0.270 e. The van der Waals surface area contributed by atoms with Crippen LogP contribution in [0.15, 0.2) is 12.3 Å². The number of amides is 1. The van der Waals surface area contributed by atoms with Gasteiger partial charge in [0, 0.05) is 38.9 Å². The van der Waals surface area contributed by atoms with Gasteiger partial charge in [0.2, 0.25) is 0 Å². The lowest BCUT2D eigenvalue weighted by Gasteiger charge is -2.35. The molecule has 0 bridgehead atoms. The third kappa shape index (κ3) is 3.25. The highest BCUT2D eigenvalue weighted by Gasteiger charge is 2.23. The molecule has 5 nitrogen and oxygen atoms in total. The second kappa shape index (κ2) is 5.73. The quantitative estimate of drug-likeness (QED) is 0.855. The predicted molar refractivity (Wildman–Crippen MR) is 69.8 cm³/mol. The second-order valence-electron chi connectivity index (χ2n) is 4.67. The molecular formula is C12H18ClN3O2. The monoisotopic (exact) mass is 271 g/mol.